The van der Waals surface area contributed by atoms with Gasteiger partial charge in [0, 0.05) is 0 Å². The van der Waals surface area contributed by atoms with Crippen LogP contribution in [0.4, 0.5) is 0 Å². The molecule has 1 N–H and O–H groups in total. The normalized spacial score (nSPS) is 17.5. The van der Waals surface area contributed by atoms with Crippen molar-refractivity contribution in [3.05, 3.63) is 11.3 Å². The lowest BCUT2D eigenvalue weighted by atomic mass is 10.2. The fourth-order valence-electron chi connectivity index (χ4n) is 0.763. The van der Waals surface area contributed by atoms with Gasteiger partial charge in [-0.3, -0.25) is 4.79 Å². The molecule has 54 valence electrons. The molecule has 4 nitrogen and oxygen atoms in total. The number of carboxylic acid groups (broad SMARTS) is 1. The second kappa shape index (κ2) is 2.13. The summed E-state index contributed by atoms with van der Waals surface area (Å²) in [6, 6.07) is 0. The van der Waals surface area contributed by atoms with Crippen LogP contribution in [0.3, 0.4) is 0 Å². The van der Waals surface area contributed by atoms with Crippen molar-refractivity contribution in [1.82, 2.24) is 0 Å². The zero-order valence-electron chi connectivity index (χ0n) is 5.38. The lowest BCUT2D eigenvalue weighted by Crippen LogP contribution is -2.00. The number of ether oxygens (including phenoxy) is 1. The van der Waals surface area contributed by atoms with Crippen molar-refractivity contribution < 1.29 is 19.4 Å². The predicted molar refractivity (Wildman–Crippen MR) is 31.0 cm³/mol. The highest BCUT2D eigenvalue weighted by molar-refractivity contribution is 5.95. The molecule has 1 aliphatic heterocycles. The third kappa shape index (κ3) is 1.00. The van der Waals surface area contributed by atoms with Crippen LogP contribution in [0.1, 0.15) is 13.3 Å². The van der Waals surface area contributed by atoms with Crippen LogP contribution in [0.25, 0.3) is 0 Å². The highest BCUT2D eigenvalue weighted by Crippen LogP contribution is 2.19. The lowest BCUT2D eigenvalue weighted by molar-refractivity contribution is -0.137. The van der Waals surface area contributed by atoms with Gasteiger partial charge in [-0.15, -0.1) is 0 Å². The average Bonchev–Trinajstić information content (AvgIpc) is 2.10. The van der Waals surface area contributed by atoms with Crippen LogP contribution in [0.2, 0.25) is 0 Å². The van der Waals surface area contributed by atoms with Crippen molar-refractivity contribution in [1.29, 1.82) is 0 Å². The standard InChI is InChI=1S/C6H6O4/c1-3-4(6(8)9)2-5(7)10-3/h2H2,1H3,(H,8,9). The number of rotatable bonds is 1. The van der Waals surface area contributed by atoms with E-state index in [0.29, 0.717) is 0 Å². The average molecular weight is 142 g/mol. The summed E-state index contributed by atoms with van der Waals surface area (Å²) in [5, 5.41) is 8.41. The number of esters is 1. The van der Waals surface area contributed by atoms with Crippen LogP contribution in [-0.2, 0) is 14.3 Å². The molecule has 0 spiro atoms. The van der Waals surface area contributed by atoms with Crippen molar-refractivity contribution in [2.45, 2.75) is 13.3 Å². The molecule has 0 aliphatic carbocycles. The van der Waals surface area contributed by atoms with Crippen LogP contribution in [-0.4, -0.2) is 17.0 Å². The second-order valence-electron chi connectivity index (χ2n) is 1.99. The van der Waals surface area contributed by atoms with E-state index >= 15 is 0 Å². The molecule has 0 saturated carbocycles. The molecule has 0 unspecified atom stereocenters. The summed E-state index contributed by atoms with van der Waals surface area (Å²) in [7, 11) is 0. The summed E-state index contributed by atoms with van der Waals surface area (Å²) < 4.78 is 4.49. The predicted octanol–water partition coefficient (Wildman–Crippen LogP) is 0.292. The number of carbonyl (C=O) groups excluding carboxylic acids is 1. The zero-order chi connectivity index (χ0) is 7.72. The van der Waals surface area contributed by atoms with Gasteiger partial charge in [-0.05, 0) is 6.92 Å². The summed E-state index contributed by atoms with van der Waals surface area (Å²) >= 11 is 0. The molecule has 0 bridgehead atoms. The van der Waals surface area contributed by atoms with Crippen molar-refractivity contribution in [3.63, 3.8) is 0 Å². The Bertz CT molecular complexity index is 226. The van der Waals surface area contributed by atoms with Crippen molar-refractivity contribution >= 4 is 11.9 Å². The Morgan fingerprint density at radius 2 is 2.30 bits per heavy atom. The molecule has 0 radical (unpaired) electrons. The van der Waals surface area contributed by atoms with Crippen LogP contribution >= 0.6 is 0 Å². The third-order valence-corrected chi connectivity index (χ3v) is 1.27. The van der Waals surface area contributed by atoms with E-state index in [1.807, 2.05) is 0 Å². The Hall–Kier alpha value is -1.32. The molecule has 4 heteroatoms. The van der Waals surface area contributed by atoms with Gasteiger partial charge in [0.25, 0.3) is 0 Å². The van der Waals surface area contributed by atoms with Gasteiger partial charge in [-0.1, -0.05) is 0 Å². The van der Waals surface area contributed by atoms with E-state index in [9.17, 15) is 9.59 Å². The topological polar surface area (TPSA) is 63.6 Å². The minimum Gasteiger partial charge on any atom is -0.478 e. The zero-order valence-corrected chi connectivity index (χ0v) is 5.38. The molecule has 0 atom stereocenters. The maximum absolute atomic E-state index is 10.4. The summed E-state index contributed by atoms with van der Waals surface area (Å²) in [6.07, 6.45) is -0.110. The fourth-order valence-corrected chi connectivity index (χ4v) is 0.763. The van der Waals surface area contributed by atoms with Crippen molar-refractivity contribution in [2.75, 3.05) is 0 Å². The van der Waals surface area contributed by atoms with Crippen molar-refractivity contribution in [3.8, 4) is 0 Å². The van der Waals surface area contributed by atoms with Gasteiger partial charge in [0.1, 0.15) is 5.76 Å². The smallest absolute Gasteiger partial charge is 0.335 e. The SMILES string of the molecule is CC1=C(C(=O)O)CC(=O)O1. The highest BCUT2D eigenvalue weighted by atomic mass is 16.5. The quantitative estimate of drug-likeness (QED) is 0.534. The van der Waals surface area contributed by atoms with Gasteiger partial charge in [-0.25, -0.2) is 4.79 Å². The van der Waals surface area contributed by atoms with E-state index in [1.165, 1.54) is 6.92 Å². The van der Waals surface area contributed by atoms with E-state index in [4.69, 9.17) is 5.11 Å². The first-order chi connectivity index (χ1) is 4.61. The van der Waals surface area contributed by atoms with Crippen LogP contribution < -0.4 is 0 Å². The number of hydrogen-bond acceptors (Lipinski definition) is 3. The number of carboxylic acids is 1. The summed E-state index contributed by atoms with van der Waals surface area (Å²) in [5.74, 6) is -1.37. The van der Waals surface area contributed by atoms with Gasteiger partial charge in [-0.2, -0.15) is 0 Å². The molecule has 10 heavy (non-hydrogen) atoms. The largest absolute Gasteiger partial charge is 0.478 e. The van der Waals surface area contributed by atoms with E-state index in [2.05, 4.69) is 4.74 Å². The van der Waals surface area contributed by atoms with Crippen LogP contribution in [0, 0.1) is 0 Å². The fraction of sp³-hybridized carbons (Fsp3) is 0.333. The first kappa shape index (κ1) is 6.80. The minimum atomic E-state index is -1.08. The van der Waals surface area contributed by atoms with E-state index in [1.54, 1.807) is 0 Å². The van der Waals surface area contributed by atoms with E-state index in [0.717, 1.165) is 0 Å². The van der Waals surface area contributed by atoms with Gasteiger partial charge >= 0.3 is 11.9 Å². The van der Waals surface area contributed by atoms with Crippen LogP contribution in [0.15, 0.2) is 11.3 Å². The van der Waals surface area contributed by atoms with Gasteiger partial charge < -0.3 is 9.84 Å². The molecular weight excluding hydrogens is 136 g/mol. The molecule has 0 aromatic rings. The van der Waals surface area contributed by atoms with Crippen LogP contribution in [0.5, 0.6) is 0 Å². The Morgan fingerprint density at radius 3 is 2.50 bits per heavy atom. The summed E-state index contributed by atoms with van der Waals surface area (Å²) in [5.41, 5.74) is 0.0602. The second-order valence-corrected chi connectivity index (χ2v) is 1.99. The highest BCUT2D eigenvalue weighted by Gasteiger charge is 2.25. The molecule has 0 amide bonds. The van der Waals surface area contributed by atoms with E-state index in [-0.39, 0.29) is 17.8 Å². The first-order valence-electron chi connectivity index (χ1n) is 2.75. The Morgan fingerprint density at radius 1 is 1.70 bits per heavy atom. The summed E-state index contributed by atoms with van der Waals surface area (Å²) in [4.78, 5) is 20.7. The monoisotopic (exact) mass is 142 g/mol. The summed E-state index contributed by atoms with van der Waals surface area (Å²) in [6.45, 7) is 1.47. The first-order valence-corrected chi connectivity index (χ1v) is 2.75. The minimum absolute atomic E-state index is 0.0602. The number of cyclic esters (lactones) is 1. The molecule has 0 aromatic heterocycles. The number of carbonyl (C=O) groups is 2. The van der Waals surface area contributed by atoms with Gasteiger partial charge in [0.15, 0.2) is 0 Å². The Labute approximate surface area is 57.1 Å². The molecule has 0 saturated heterocycles. The molecule has 1 aliphatic rings. The maximum Gasteiger partial charge on any atom is 0.335 e. The Kier molecular flexibility index (Phi) is 1.45. The number of allylic oxidation sites excluding steroid dienone is 1. The maximum atomic E-state index is 10.4. The lowest BCUT2D eigenvalue weighted by Gasteiger charge is -1.90. The molecule has 0 fully saturated rings. The Balaban J connectivity index is 2.86. The van der Waals surface area contributed by atoms with Gasteiger partial charge in [0.2, 0.25) is 0 Å². The molecular formula is C6H6O4. The molecule has 1 heterocycles. The molecule has 0 aromatic carbocycles. The van der Waals surface area contributed by atoms with Gasteiger partial charge in [0.05, 0.1) is 12.0 Å². The molecule has 1 rings (SSSR count). The third-order valence-electron chi connectivity index (χ3n) is 1.27. The number of aliphatic carboxylic acids is 1. The number of hydrogen-bond donors (Lipinski definition) is 1. The van der Waals surface area contributed by atoms with Crippen molar-refractivity contribution in [2.24, 2.45) is 0 Å². The van der Waals surface area contributed by atoms with E-state index < -0.39 is 11.9 Å².